The number of imidazole rings is 2. The molecule has 2 N–H and O–H groups in total. The van der Waals surface area contributed by atoms with Gasteiger partial charge in [0.2, 0.25) is 0 Å². The molecule has 0 unspecified atom stereocenters. The number of fused-ring (bicyclic) bond motifs is 2. The van der Waals surface area contributed by atoms with Gasteiger partial charge in [-0.05, 0) is 45.0 Å². The molecule has 28 heavy (non-hydrogen) atoms. The molecule has 4 aromatic rings. The molecule has 2 aromatic heterocycles. The largest absolute Gasteiger partial charge is 0.368 e. The van der Waals surface area contributed by atoms with E-state index in [-0.39, 0.29) is 0 Å². The molecule has 6 heteroatoms. The second-order valence-corrected chi connectivity index (χ2v) is 6.05. The average molecular weight is 385 g/mol. The van der Waals surface area contributed by atoms with Crippen LogP contribution in [0.1, 0.15) is 32.4 Å². The summed E-state index contributed by atoms with van der Waals surface area (Å²) < 4.78 is 4.19. The van der Waals surface area contributed by atoms with Crippen LogP contribution in [0.4, 0.5) is 0 Å². The van der Waals surface area contributed by atoms with Crippen molar-refractivity contribution in [2.24, 2.45) is 14.1 Å². The highest BCUT2D eigenvalue weighted by molar-refractivity contribution is 5.76. The van der Waals surface area contributed by atoms with Crippen molar-refractivity contribution in [2.75, 3.05) is 0 Å². The molecule has 0 aliphatic rings. The molecule has 6 nitrogen and oxygen atoms in total. The molecule has 2 heterocycles. The molecule has 0 saturated carbocycles. The summed E-state index contributed by atoms with van der Waals surface area (Å²) in [6, 6.07) is 16.3. The first-order valence-electron chi connectivity index (χ1n) is 9.43. The Morgan fingerprint density at radius 3 is 1.29 bits per heavy atom. The fourth-order valence-corrected chi connectivity index (χ4v) is 2.53. The standard InChI is InChI=1S/2C9H10N2.C2H6O2.C2H6/c2*1-7-10-8-5-3-4-6-9(8)11(7)2;1-2(3)4;1-2/h2*3-6H,1-2H3;2-4H,1H3;1-2H3. The van der Waals surface area contributed by atoms with Gasteiger partial charge >= 0.3 is 0 Å². The average Bonchev–Trinajstić information content (AvgIpc) is 3.13. The van der Waals surface area contributed by atoms with Crippen LogP contribution in [0.15, 0.2) is 48.5 Å². The molecule has 0 radical (unpaired) electrons. The second kappa shape index (κ2) is 11.2. The SMILES string of the molecule is CC.CC(O)O.Cc1nc2ccccc2n1C.Cc1nc2ccccc2n1C. The zero-order valence-corrected chi connectivity index (χ0v) is 17.9. The number of aromatic nitrogens is 4. The first kappa shape index (κ1) is 23.3. The van der Waals surface area contributed by atoms with Gasteiger partial charge in [0.05, 0.1) is 22.1 Å². The highest BCUT2D eigenvalue weighted by atomic mass is 16.5. The molecule has 0 aliphatic carbocycles. The van der Waals surface area contributed by atoms with Crippen molar-refractivity contribution < 1.29 is 10.2 Å². The van der Waals surface area contributed by atoms with E-state index in [1.54, 1.807) is 0 Å². The van der Waals surface area contributed by atoms with E-state index in [1.165, 1.54) is 18.0 Å². The fraction of sp³-hybridized carbons (Fsp3) is 0.364. The summed E-state index contributed by atoms with van der Waals surface area (Å²) in [5, 5.41) is 15.2. The third-order valence-corrected chi connectivity index (χ3v) is 4.02. The molecule has 0 spiro atoms. The van der Waals surface area contributed by atoms with Crippen LogP contribution in [0, 0.1) is 13.8 Å². The lowest BCUT2D eigenvalue weighted by molar-refractivity contribution is -0.0228. The molecule has 0 saturated heterocycles. The van der Waals surface area contributed by atoms with Crippen LogP contribution >= 0.6 is 0 Å². The van der Waals surface area contributed by atoms with Crippen molar-refractivity contribution >= 4 is 22.1 Å². The summed E-state index contributed by atoms with van der Waals surface area (Å²) in [6.45, 7) is 9.31. The summed E-state index contributed by atoms with van der Waals surface area (Å²) in [6.07, 6.45) is -1.17. The van der Waals surface area contributed by atoms with Crippen molar-refractivity contribution in [1.29, 1.82) is 0 Å². The van der Waals surface area contributed by atoms with Gasteiger partial charge in [0.1, 0.15) is 17.9 Å². The second-order valence-electron chi connectivity index (χ2n) is 6.05. The number of rotatable bonds is 0. The monoisotopic (exact) mass is 384 g/mol. The summed E-state index contributed by atoms with van der Waals surface area (Å²) in [4.78, 5) is 8.75. The van der Waals surface area contributed by atoms with Crippen LogP contribution in [0.3, 0.4) is 0 Å². The lowest BCUT2D eigenvalue weighted by Gasteiger charge is -1.93. The maximum Gasteiger partial charge on any atom is 0.148 e. The number of nitrogens with zero attached hydrogens (tertiary/aromatic N) is 4. The molecule has 152 valence electrons. The van der Waals surface area contributed by atoms with E-state index in [0.717, 1.165) is 22.7 Å². The Labute approximate surface area is 167 Å². The summed E-state index contributed by atoms with van der Waals surface area (Å²) in [5.41, 5.74) is 4.55. The minimum atomic E-state index is -1.17. The molecule has 0 bridgehead atoms. The smallest absolute Gasteiger partial charge is 0.148 e. The Bertz CT molecular complexity index is 906. The summed E-state index contributed by atoms with van der Waals surface area (Å²) >= 11 is 0. The summed E-state index contributed by atoms with van der Waals surface area (Å²) in [5.74, 6) is 2.12. The molecular formula is C22H32N4O2. The molecular weight excluding hydrogens is 352 g/mol. The van der Waals surface area contributed by atoms with Crippen LogP contribution in [-0.4, -0.2) is 35.6 Å². The van der Waals surface area contributed by atoms with Gasteiger partial charge in [0, 0.05) is 14.1 Å². The third kappa shape index (κ3) is 6.18. The molecule has 0 fully saturated rings. The van der Waals surface area contributed by atoms with Crippen molar-refractivity contribution in [3.05, 3.63) is 60.2 Å². The number of hydrogen-bond acceptors (Lipinski definition) is 4. The maximum atomic E-state index is 7.61. The lowest BCUT2D eigenvalue weighted by Crippen LogP contribution is -1.92. The van der Waals surface area contributed by atoms with Gasteiger partial charge in [-0.1, -0.05) is 38.1 Å². The number of hydrogen-bond donors (Lipinski definition) is 2. The molecule has 0 atom stereocenters. The number of aliphatic hydroxyl groups excluding tert-OH is 1. The van der Waals surface area contributed by atoms with Crippen LogP contribution in [0.25, 0.3) is 22.1 Å². The summed E-state index contributed by atoms with van der Waals surface area (Å²) in [7, 11) is 4.06. The van der Waals surface area contributed by atoms with E-state index in [4.69, 9.17) is 10.2 Å². The molecule has 4 rings (SSSR count). The van der Waals surface area contributed by atoms with Crippen molar-refractivity contribution in [2.45, 2.75) is 40.9 Å². The normalized spacial score (nSPS) is 9.93. The number of para-hydroxylation sites is 4. The van der Waals surface area contributed by atoms with Gasteiger partial charge < -0.3 is 19.3 Å². The molecule has 0 amide bonds. The van der Waals surface area contributed by atoms with Crippen LogP contribution < -0.4 is 0 Å². The van der Waals surface area contributed by atoms with E-state index in [2.05, 4.69) is 31.2 Å². The minimum Gasteiger partial charge on any atom is -0.368 e. The predicted molar refractivity (Wildman–Crippen MR) is 116 cm³/mol. The first-order chi connectivity index (χ1) is 13.3. The highest BCUT2D eigenvalue weighted by Crippen LogP contribution is 2.13. The molecule has 0 aliphatic heterocycles. The highest BCUT2D eigenvalue weighted by Gasteiger charge is 2.01. The van der Waals surface area contributed by atoms with E-state index < -0.39 is 6.29 Å². The van der Waals surface area contributed by atoms with E-state index >= 15 is 0 Å². The molecule has 2 aromatic carbocycles. The zero-order valence-electron chi connectivity index (χ0n) is 17.9. The van der Waals surface area contributed by atoms with E-state index in [0.29, 0.717) is 0 Å². The number of aryl methyl sites for hydroxylation is 4. The Morgan fingerprint density at radius 1 is 0.714 bits per heavy atom. The Hall–Kier alpha value is -2.70. The van der Waals surface area contributed by atoms with Crippen LogP contribution in [0.2, 0.25) is 0 Å². The van der Waals surface area contributed by atoms with Gasteiger partial charge in [-0.15, -0.1) is 0 Å². The predicted octanol–water partition coefficient (Wildman–Crippen LogP) is 4.11. The topological polar surface area (TPSA) is 76.1 Å². The number of benzene rings is 2. The first-order valence-corrected chi connectivity index (χ1v) is 9.43. The van der Waals surface area contributed by atoms with Gasteiger partial charge in [0.15, 0.2) is 0 Å². The lowest BCUT2D eigenvalue weighted by atomic mass is 10.3. The number of aliphatic hydroxyl groups is 2. The van der Waals surface area contributed by atoms with Gasteiger partial charge in [-0.2, -0.15) is 0 Å². The van der Waals surface area contributed by atoms with Gasteiger partial charge in [0.25, 0.3) is 0 Å². The van der Waals surface area contributed by atoms with E-state index in [1.807, 2.05) is 78.2 Å². The minimum absolute atomic E-state index is 1.06. The van der Waals surface area contributed by atoms with Gasteiger partial charge in [-0.3, -0.25) is 0 Å². The van der Waals surface area contributed by atoms with Crippen molar-refractivity contribution in [1.82, 2.24) is 19.1 Å². The van der Waals surface area contributed by atoms with Crippen molar-refractivity contribution in [3.63, 3.8) is 0 Å². The van der Waals surface area contributed by atoms with E-state index in [9.17, 15) is 0 Å². The third-order valence-electron chi connectivity index (χ3n) is 4.02. The Morgan fingerprint density at radius 2 is 1.00 bits per heavy atom. The zero-order chi connectivity index (χ0) is 21.3. The Balaban J connectivity index is 0.000000221. The van der Waals surface area contributed by atoms with Crippen molar-refractivity contribution in [3.8, 4) is 0 Å². The fourth-order valence-electron chi connectivity index (χ4n) is 2.53. The van der Waals surface area contributed by atoms with Crippen LogP contribution in [-0.2, 0) is 14.1 Å². The van der Waals surface area contributed by atoms with Gasteiger partial charge in [-0.25, -0.2) is 9.97 Å². The van der Waals surface area contributed by atoms with Crippen LogP contribution in [0.5, 0.6) is 0 Å². The quantitative estimate of drug-likeness (QED) is 0.447. The maximum absolute atomic E-state index is 7.61. The Kier molecular flexibility index (Phi) is 9.35.